The molecule has 22 heavy (non-hydrogen) atoms. The van der Waals surface area contributed by atoms with E-state index in [1.54, 1.807) is 0 Å². The van der Waals surface area contributed by atoms with E-state index in [0.29, 0.717) is 0 Å². The molecule has 0 amide bonds. The van der Waals surface area contributed by atoms with Gasteiger partial charge in [0.1, 0.15) is 12.4 Å². The fourth-order valence-electron chi connectivity index (χ4n) is 1.71. The number of carbonyl (C=O) groups excluding carboxylic acids is 1. The molecule has 0 aliphatic carbocycles. The Hall–Kier alpha value is -2.29. The summed E-state index contributed by atoms with van der Waals surface area (Å²) in [5, 5.41) is 3.15. The zero-order chi connectivity index (χ0) is 16.3. The normalized spacial score (nSPS) is 11.7. The van der Waals surface area contributed by atoms with Crippen LogP contribution in [0.25, 0.3) is 11.4 Å². The third kappa shape index (κ3) is 3.67. The Kier molecular flexibility index (Phi) is 4.55. The second kappa shape index (κ2) is 6.22. The smallest absolute Gasteiger partial charge is 0.377 e. The lowest BCUT2D eigenvalue weighted by Crippen LogP contribution is -2.10. The molecule has 0 atom stereocenters. The summed E-state index contributed by atoms with van der Waals surface area (Å²) in [5.74, 6) is -2.98. The standard InChI is InChI=1S/C13H10F4N2O3/c1-21-6-9(20)4-7-2-3-8(5-10(7)14)11-18-12(22-19-11)13(15,16)17/h2-3,5H,4,6H2,1H3. The summed E-state index contributed by atoms with van der Waals surface area (Å²) < 4.78 is 59.6. The molecule has 2 aromatic rings. The van der Waals surface area contributed by atoms with Crippen LogP contribution in [0.5, 0.6) is 0 Å². The molecule has 9 heteroatoms. The van der Waals surface area contributed by atoms with Gasteiger partial charge in [-0.15, -0.1) is 0 Å². The summed E-state index contributed by atoms with van der Waals surface area (Å²) in [7, 11) is 1.34. The number of Topliss-reactive ketones (excluding diaryl/α,β-unsaturated/α-hetero) is 1. The van der Waals surface area contributed by atoms with Crippen LogP contribution >= 0.6 is 0 Å². The molecule has 0 aliphatic rings. The zero-order valence-electron chi connectivity index (χ0n) is 11.3. The van der Waals surface area contributed by atoms with Gasteiger partial charge in [-0.1, -0.05) is 17.3 Å². The van der Waals surface area contributed by atoms with Crippen molar-refractivity contribution >= 4 is 5.78 Å². The van der Waals surface area contributed by atoms with Crippen molar-refractivity contribution in [1.29, 1.82) is 0 Å². The number of methoxy groups -OCH3 is 1. The Labute approximate surface area is 121 Å². The van der Waals surface area contributed by atoms with E-state index in [-0.39, 0.29) is 35.8 Å². The number of ether oxygens (including phenoxy) is 1. The predicted octanol–water partition coefficient (Wildman–Crippen LogP) is 2.65. The Morgan fingerprint density at radius 3 is 2.64 bits per heavy atom. The Morgan fingerprint density at radius 1 is 1.36 bits per heavy atom. The molecular formula is C13H10F4N2O3. The van der Waals surface area contributed by atoms with E-state index < -0.39 is 17.9 Å². The lowest BCUT2D eigenvalue weighted by atomic mass is 10.1. The number of alkyl halides is 3. The molecule has 0 bridgehead atoms. The zero-order valence-corrected chi connectivity index (χ0v) is 11.3. The summed E-state index contributed by atoms with van der Waals surface area (Å²) in [6.07, 6.45) is -4.95. The molecule has 0 radical (unpaired) electrons. The molecule has 0 unspecified atom stereocenters. The lowest BCUT2D eigenvalue weighted by Gasteiger charge is -2.03. The highest BCUT2D eigenvalue weighted by atomic mass is 19.4. The lowest BCUT2D eigenvalue weighted by molar-refractivity contribution is -0.159. The van der Waals surface area contributed by atoms with Crippen LogP contribution in [0.15, 0.2) is 22.7 Å². The van der Waals surface area contributed by atoms with Crippen molar-refractivity contribution in [2.75, 3.05) is 13.7 Å². The first kappa shape index (κ1) is 16.1. The van der Waals surface area contributed by atoms with Crippen LogP contribution in [0.2, 0.25) is 0 Å². The molecule has 0 saturated carbocycles. The minimum atomic E-state index is -4.77. The molecule has 5 nitrogen and oxygen atoms in total. The highest BCUT2D eigenvalue weighted by Crippen LogP contribution is 2.29. The first-order valence-corrected chi connectivity index (χ1v) is 6.01. The number of carbonyl (C=O) groups is 1. The third-order valence-corrected chi connectivity index (χ3v) is 2.67. The Bertz CT molecular complexity index is 682. The van der Waals surface area contributed by atoms with Gasteiger partial charge in [-0.2, -0.15) is 18.2 Å². The molecular weight excluding hydrogens is 308 g/mol. The maximum atomic E-state index is 13.9. The van der Waals surface area contributed by atoms with Gasteiger partial charge >= 0.3 is 12.1 Å². The van der Waals surface area contributed by atoms with Gasteiger partial charge in [0.15, 0.2) is 5.78 Å². The van der Waals surface area contributed by atoms with Gasteiger partial charge in [-0.3, -0.25) is 4.79 Å². The van der Waals surface area contributed by atoms with E-state index in [4.69, 9.17) is 0 Å². The van der Waals surface area contributed by atoms with E-state index in [1.807, 2.05) is 0 Å². The van der Waals surface area contributed by atoms with Crippen LogP contribution in [-0.4, -0.2) is 29.6 Å². The van der Waals surface area contributed by atoms with Gasteiger partial charge in [-0.05, 0) is 11.6 Å². The second-order valence-corrected chi connectivity index (χ2v) is 4.38. The average Bonchev–Trinajstić information content (AvgIpc) is 2.91. The summed E-state index contributed by atoms with van der Waals surface area (Å²) in [6.45, 7) is -0.152. The van der Waals surface area contributed by atoms with Crippen LogP contribution in [0.3, 0.4) is 0 Å². The Morgan fingerprint density at radius 2 is 2.09 bits per heavy atom. The van der Waals surface area contributed by atoms with Gasteiger partial charge in [0.25, 0.3) is 0 Å². The largest absolute Gasteiger partial charge is 0.471 e. The predicted molar refractivity (Wildman–Crippen MR) is 65.3 cm³/mol. The van der Waals surface area contributed by atoms with E-state index in [2.05, 4.69) is 19.4 Å². The molecule has 0 spiro atoms. The molecule has 0 fully saturated rings. The van der Waals surface area contributed by atoms with Crippen molar-refractivity contribution in [1.82, 2.24) is 10.1 Å². The average molecular weight is 318 g/mol. The van der Waals surface area contributed by atoms with Crippen LogP contribution < -0.4 is 0 Å². The van der Waals surface area contributed by atoms with E-state index in [9.17, 15) is 22.4 Å². The van der Waals surface area contributed by atoms with Crippen LogP contribution in [0.1, 0.15) is 11.5 Å². The summed E-state index contributed by atoms with van der Waals surface area (Å²) in [4.78, 5) is 14.5. The van der Waals surface area contributed by atoms with Crippen molar-refractivity contribution < 1.29 is 31.6 Å². The number of benzene rings is 1. The minimum absolute atomic E-state index is 0.0136. The number of rotatable bonds is 5. The summed E-state index contributed by atoms with van der Waals surface area (Å²) in [6, 6.07) is 3.53. The number of hydrogen-bond donors (Lipinski definition) is 0. The first-order valence-electron chi connectivity index (χ1n) is 6.01. The maximum absolute atomic E-state index is 13.9. The molecule has 2 rings (SSSR count). The van der Waals surface area contributed by atoms with Gasteiger partial charge in [0.05, 0.1) is 0 Å². The molecule has 0 saturated heterocycles. The second-order valence-electron chi connectivity index (χ2n) is 4.38. The highest BCUT2D eigenvalue weighted by Gasteiger charge is 2.38. The van der Waals surface area contributed by atoms with Crippen molar-refractivity contribution in [2.45, 2.75) is 12.6 Å². The van der Waals surface area contributed by atoms with Crippen LogP contribution in [-0.2, 0) is 22.1 Å². The van der Waals surface area contributed by atoms with Crippen molar-refractivity contribution in [3.05, 3.63) is 35.5 Å². The summed E-state index contributed by atoms with van der Waals surface area (Å²) >= 11 is 0. The molecule has 1 aromatic heterocycles. The number of ketones is 1. The number of nitrogens with zero attached hydrogens (tertiary/aromatic N) is 2. The summed E-state index contributed by atoms with van der Waals surface area (Å²) in [5.41, 5.74) is 0.116. The molecule has 1 heterocycles. The third-order valence-electron chi connectivity index (χ3n) is 2.67. The SMILES string of the molecule is COCC(=O)Cc1ccc(-c2noc(C(F)(F)F)n2)cc1F. The molecule has 1 aromatic carbocycles. The minimum Gasteiger partial charge on any atom is -0.377 e. The van der Waals surface area contributed by atoms with Gasteiger partial charge in [0.2, 0.25) is 5.82 Å². The number of aromatic nitrogens is 2. The quantitative estimate of drug-likeness (QED) is 0.793. The van der Waals surface area contributed by atoms with Crippen LogP contribution in [0, 0.1) is 5.82 Å². The monoisotopic (exact) mass is 318 g/mol. The Balaban J connectivity index is 2.22. The van der Waals surface area contributed by atoms with E-state index in [0.717, 1.165) is 6.07 Å². The van der Waals surface area contributed by atoms with Crippen molar-refractivity contribution in [2.24, 2.45) is 0 Å². The fourth-order valence-corrected chi connectivity index (χ4v) is 1.71. The van der Waals surface area contributed by atoms with Crippen molar-refractivity contribution in [3.63, 3.8) is 0 Å². The van der Waals surface area contributed by atoms with Gasteiger partial charge < -0.3 is 9.26 Å². The number of halogens is 4. The van der Waals surface area contributed by atoms with Gasteiger partial charge in [0, 0.05) is 19.1 Å². The highest BCUT2D eigenvalue weighted by molar-refractivity contribution is 5.82. The van der Waals surface area contributed by atoms with E-state index in [1.165, 1.54) is 19.2 Å². The van der Waals surface area contributed by atoms with Crippen LogP contribution in [0.4, 0.5) is 17.6 Å². The molecule has 118 valence electrons. The molecule has 0 aliphatic heterocycles. The first-order chi connectivity index (χ1) is 10.3. The maximum Gasteiger partial charge on any atom is 0.471 e. The van der Waals surface area contributed by atoms with E-state index >= 15 is 0 Å². The molecule has 0 N–H and O–H groups in total. The van der Waals surface area contributed by atoms with Gasteiger partial charge in [-0.25, -0.2) is 4.39 Å². The topological polar surface area (TPSA) is 65.2 Å². The fraction of sp³-hybridized carbons (Fsp3) is 0.308. The van der Waals surface area contributed by atoms with Crippen molar-refractivity contribution in [3.8, 4) is 11.4 Å². The number of hydrogen-bond acceptors (Lipinski definition) is 5.